The van der Waals surface area contributed by atoms with Crippen molar-refractivity contribution in [1.82, 2.24) is 4.90 Å². The van der Waals surface area contributed by atoms with Crippen LogP contribution in [0.25, 0.3) is 0 Å². The third-order valence-corrected chi connectivity index (χ3v) is 3.55. The second-order valence-corrected chi connectivity index (χ2v) is 5.22. The summed E-state index contributed by atoms with van der Waals surface area (Å²) < 4.78 is 0. The predicted octanol–water partition coefficient (Wildman–Crippen LogP) is 1.57. The minimum atomic E-state index is -0.520. The first-order valence-corrected chi connectivity index (χ1v) is 6.25. The largest absolute Gasteiger partial charge is 0.390 e. The van der Waals surface area contributed by atoms with E-state index in [0.717, 1.165) is 31.5 Å². The number of hydrogen-bond donors (Lipinski definition) is 2. The number of rotatable bonds is 3. The average Bonchev–Trinajstić information content (AvgIpc) is 2.33. The normalized spacial score (nSPS) is 22.3. The fourth-order valence-electron chi connectivity index (χ4n) is 2.24. The van der Waals surface area contributed by atoms with Crippen molar-refractivity contribution < 1.29 is 10.2 Å². The lowest BCUT2D eigenvalue weighted by atomic mass is 9.93. The van der Waals surface area contributed by atoms with E-state index in [1.54, 1.807) is 0 Å². The van der Waals surface area contributed by atoms with Gasteiger partial charge in [-0.3, -0.25) is 0 Å². The highest BCUT2D eigenvalue weighted by Gasteiger charge is 2.28. The molecule has 0 saturated carbocycles. The van der Waals surface area contributed by atoms with Crippen LogP contribution in [-0.2, 0) is 0 Å². The molecule has 1 fully saturated rings. The van der Waals surface area contributed by atoms with Gasteiger partial charge in [-0.05, 0) is 25.3 Å². The Bertz CT molecular complexity index is 340. The third-order valence-electron chi connectivity index (χ3n) is 3.55. The summed E-state index contributed by atoms with van der Waals surface area (Å²) in [6, 6.07) is 9.74. The van der Waals surface area contributed by atoms with Crippen LogP contribution in [0.3, 0.4) is 0 Å². The average molecular weight is 235 g/mol. The van der Waals surface area contributed by atoms with E-state index < -0.39 is 11.7 Å². The molecule has 0 aromatic heterocycles. The molecule has 94 valence electrons. The number of aliphatic hydroxyl groups excluding tert-OH is 1. The Kier molecular flexibility index (Phi) is 3.82. The molecule has 0 spiro atoms. The highest BCUT2D eigenvalue weighted by molar-refractivity contribution is 5.17. The summed E-state index contributed by atoms with van der Waals surface area (Å²) in [5.74, 6) is 0. The Hall–Kier alpha value is -0.900. The molecule has 2 N–H and O–H groups in total. The Labute approximate surface area is 103 Å². The minimum Gasteiger partial charge on any atom is -0.390 e. The van der Waals surface area contributed by atoms with Crippen LogP contribution < -0.4 is 0 Å². The lowest BCUT2D eigenvalue weighted by Gasteiger charge is -2.36. The molecule has 1 saturated heterocycles. The fourth-order valence-corrected chi connectivity index (χ4v) is 2.24. The van der Waals surface area contributed by atoms with Gasteiger partial charge in [0.15, 0.2) is 0 Å². The van der Waals surface area contributed by atoms with Crippen molar-refractivity contribution in [2.75, 3.05) is 19.6 Å². The summed E-state index contributed by atoms with van der Waals surface area (Å²) in [5, 5.41) is 20.0. The van der Waals surface area contributed by atoms with E-state index in [0.29, 0.717) is 6.54 Å². The molecule has 1 aromatic rings. The molecule has 1 aromatic carbocycles. The van der Waals surface area contributed by atoms with E-state index in [1.165, 1.54) is 0 Å². The first-order chi connectivity index (χ1) is 8.07. The number of likely N-dealkylation sites (tertiary alicyclic amines) is 1. The summed E-state index contributed by atoms with van der Waals surface area (Å²) in [5.41, 5.74) is 0.443. The van der Waals surface area contributed by atoms with Crippen LogP contribution in [0.2, 0.25) is 0 Å². The number of piperidine rings is 1. The monoisotopic (exact) mass is 235 g/mol. The minimum absolute atomic E-state index is 0.431. The van der Waals surface area contributed by atoms with E-state index in [-0.39, 0.29) is 0 Å². The Balaban J connectivity index is 1.86. The van der Waals surface area contributed by atoms with Gasteiger partial charge >= 0.3 is 0 Å². The number of hydrogen-bond acceptors (Lipinski definition) is 3. The van der Waals surface area contributed by atoms with Crippen LogP contribution in [-0.4, -0.2) is 40.3 Å². The van der Waals surface area contributed by atoms with Crippen LogP contribution in [0.5, 0.6) is 0 Å². The second kappa shape index (κ2) is 5.17. The molecule has 1 atom stereocenters. The molecule has 0 bridgehead atoms. The molecule has 1 heterocycles. The number of benzene rings is 1. The molecule has 1 unspecified atom stereocenters. The highest BCUT2D eigenvalue weighted by Crippen LogP contribution is 2.23. The maximum Gasteiger partial charge on any atom is 0.0916 e. The summed E-state index contributed by atoms with van der Waals surface area (Å²) in [6.45, 7) is 4.26. The van der Waals surface area contributed by atoms with E-state index in [1.807, 2.05) is 37.3 Å². The van der Waals surface area contributed by atoms with E-state index in [2.05, 4.69) is 4.90 Å². The van der Waals surface area contributed by atoms with E-state index in [9.17, 15) is 10.2 Å². The maximum absolute atomic E-state index is 10.1. The Morgan fingerprint density at radius 1 is 1.24 bits per heavy atom. The molecule has 3 nitrogen and oxygen atoms in total. The summed E-state index contributed by atoms with van der Waals surface area (Å²) in [4.78, 5) is 2.22. The standard InChI is InChI=1S/C14H21NO2/c1-14(17)7-9-15(10-8-14)11-13(16)12-5-3-2-4-6-12/h2-6,13,16-17H,7-11H2,1H3. The number of nitrogens with zero attached hydrogens (tertiary/aromatic N) is 1. The topological polar surface area (TPSA) is 43.7 Å². The van der Waals surface area contributed by atoms with Crippen molar-refractivity contribution in [2.24, 2.45) is 0 Å². The van der Waals surface area contributed by atoms with Crippen molar-refractivity contribution in [3.63, 3.8) is 0 Å². The summed E-state index contributed by atoms with van der Waals surface area (Å²) in [7, 11) is 0. The van der Waals surface area contributed by atoms with Crippen LogP contribution in [0.1, 0.15) is 31.4 Å². The zero-order valence-electron chi connectivity index (χ0n) is 10.3. The smallest absolute Gasteiger partial charge is 0.0916 e. The lowest BCUT2D eigenvalue weighted by Crippen LogP contribution is -2.43. The maximum atomic E-state index is 10.1. The molecule has 1 aliphatic rings. The SMILES string of the molecule is CC1(O)CCN(CC(O)c2ccccc2)CC1. The van der Waals surface area contributed by atoms with Gasteiger partial charge < -0.3 is 15.1 Å². The van der Waals surface area contributed by atoms with E-state index >= 15 is 0 Å². The van der Waals surface area contributed by atoms with Crippen molar-refractivity contribution in [2.45, 2.75) is 31.5 Å². The zero-order chi connectivity index (χ0) is 12.3. The third kappa shape index (κ3) is 3.53. The highest BCUT2D eigenvalue weighted by atomic mass is 16.3. The molecule has 2 rings (SSSR count). The molecule has 0 amide bonds. The van der Waals surface area contributed by atoms with Crippen molar-refractivity contribution in [1.29, 1.82) is 0 Å². The van der Waals surface area contributed by atoms with Gasteiger partial charge in [0, 0.05) is 19.6 Å². The van der Waals surface area contributed by atoms with Gasteiger partial charge in [-0.25, -0.2) is 0 Å². The fraction of sp³-hybridized carbons (Fsp3) is 0.571. The van der Waals surface area contributed by atoms with Gasteiger partial charge in [-0.2, -0.15) is 0 Å². The van der Waals surface area contributed by atoms with Gasteiger partial charge in [0.1, 0.15) is 0 Å². The van der Waals surface area contributed by atoms with Gasteiger partial charge in [0.25, 0.3) is 0 Å². The Morgan fingerprint density at radius 2 is 1.82 bits per heavy atom. The van der Waals surface area contributed by atoms with Gasteiger partial charge in [0.05, 0.1) is 11.7 Å². The van der Waals surface area contributed by atoms with Gasteiger partial charge in [-0.1, -0.05) is 30.3 Å². The number of β-amino-alcohol motifs (C(OH)–C–C–N with tert-alkyl or cyclic N) is 1. The van der Waals surface area contributed by atoms with Gasteiger partial charge in [-0.15, -0.1) is 0 Å². The first kappa shape index (κ1) is 12.6. The van der Waals surface area contributed by atoms with Crippen molar-refractivity contribution >= 4 is 0 Å². The molecule has 0 radical (unpaired) electrons. The molecule has 3 heteroatoms. The molecular formula is C14H21NO2. The molecular weight excluding hydrogens is 214 g/mol. The Morgan fingerprint density at radius 3 is 2.41 bits per heavy atom. The zero-order valence-corrected chi connectivity index (χ0v) is 10.3. The number of aliphatic hydroxyl groups is 2. The summed E-state index contributed by atoms with van der Waals surface area (Å²) in [6.07, 6.45) is 1.14. The van der Waals surface area contributed by atoms with Gasteiger partial charge in [0.2, 0.25) is 0 Å². The van der Waals surface area contributed by atoms with E-state index in [4.69, 9.17) is 0 Å². The van der Waals surface area contributed by atoms with Crippen molar-refractivity contribution in [3.05, 3.63) is 35.9 Å². The summed E-state index contributed by atoms with van der Waals surface area (Å²) >= 11 is 0. The molecule has 17 heavy (non-hydrogen) atoms. The predicted molar refractivity (Wildman–Crippen MR) is 67.7 cm³/mol. The quantitative estimate of drug-likeness (QED) is 0.835. The second-order valence-electron chi connectivity index (χ2n) is 5.22. The molecule has 0 aliphatic carbocycles. The van der Waals surface area contributed by atoms with Crippen molar-refractivity contribution in [3.8, 4) is 0 Å². The van der Waals surface area contributed by atoms with Crippen LogP contribution in [0.15, 0.2) is 30.3 Å². The van der Waals surface area contributed by atoms with Crippen LogP contribution in [0, 0.1) is 0 Å². The van der Waals surface area contributed by atoms with Crippen LogP contribution in [0.4, 0.5) is 0 Å². The first-order valence-electron chi connectivity index (χ1n) is 6.25. The van der Waals surface area contributed by atoms with Crippen LogP contribution >= 0.6 is 0 Å². The molecule has 1 aliphatic heterocycles. The lowest BCUT2D eigenvalue weighted by molar-refractivity contribution is -0.0161.